The number of nitrogens with two attached hydrogens (primary N) is 1. The summed E-state index contributed by atoms with van der Waals surface area (Å²) in [6.07, 6.45) is 0. The van der Waals surface area contributed by atoms with Gasteiger partial charge in [0.05, 0.1) is 6.61 Å². The first-order chi connectivity index (χ1) is 8.63. The molecule has 6 heteroatoms. The highest BCUT2D eigenvalue weighted by Crippen LogP contribution is 2.30. The van der Waals surface area contributed by atoms with Gasteiger partial charge in [-0.15, -0.1) is 0 Å². The average Bonchev–Trinajstić information content (AvgIpc) is 2.66. The summed E-state index contributed by atoms with van der Waals surface area (Å²) < 4.78 is 10.3. The fourth-order valence-electron chi connectivity index (χ4n) is 1.65. The Morgan fingerprint density at radius 1 is 1.39 bits per heavy atom. The van der Waals surface area contributed by atoms with Crippen molar-refractivity contribution in [3.8, 4) is 0 Å². The van der Waals surface area contributed by atoms with Crippen molar-refractivity contribution in [3.05, 3.63) is 29.8 Å². The molecule has 6 nitrogen and oxygen atoms in total. The predicted octanol–water partition coefficient (Wildman–Crippen LogP) is 2.10. The molecule has 0 bridgehead atoms. The van der Waals surface area contributed by atoms with Crippen molar-refractivity contribution in [1.29, 1.82) is 0 Å². The number of hydrogen-bond acceptors (Lipinski definition) is 4. The standard InChI is InChI=1S/C12H12N2O4/c1-2-17-11(15)9-7-5-3-4-6-8(7)18-10(9)14-12(13)16/h3-6H,2H2,1H3,(H3,13,14,16). The second kappa shape index (κ2) is 4.79. The number of carbonyl (C=O) groups is 2. The van der Waals surface area contributed by atoms with Crippen LogP contribution in [-0.4, -0.2) is 18.6 Å². The first-order valence-electron chi connectivity index (χ1n) is 5.38. The molecule has 0 unspecified atom stereocenters. The number of carbonyl (C=O) groups excluding carboxylic acids is 2. The lowest BCUT2D eigenvalue weighted by molar-refractivity contribution is 0.0529. The van der Waals surface area contributed by atoms with Crippen molar-refractivity contribution in [2.24, 2.45) is 5.73 Å². The highest BCUT2D eigenvalue weighted by atomic mass is 16.5. The first kappa shape index (κ1) is 12.0. The molecule has 1 heterocycles. The summed E-state index contributed by atoms with van der Waals surface area (Å²) in [6.45, 7) is 1.93. The van der Waals surface area contributed by atoms with Crippen molar-refractivity contribution in [2.75, 3.05) is 11.9 Å². The van der Waals surface area contributed by atoms with Crippen LogP contribution >= 0.6 is 0 Å². The van der Waals surface area contributed by atoms with Gasteiger partial charge in [0.25, 0.3) is 0 Å². The molecule has 0 saturated carbocycles. The van der Waals surface area contributed by atoms with Gasteiger partial charge < -0.3 is 14.9 Å². The van der Waals surface area contributed by atoms with E-state index in [0.29, 0.717) is 11.0 Å². The van der Waals surface area contributed by atoms with Crippen LogP contribution in [0.5, 0.6) is 0 Å². The van der Waals surface area contributed by atoms with Crippen LogP contribution in [0.2, 0.25) is 0 Å². The van der Waals surface area contributed by atoms with Crippen LogP contribution in [0, 0.1) is 0 Å². The maximum Gasteiger partial charge on any atom is 0.344 e. The number of rotatable bonds is 3. The number of anilines is 1. The van der Waals surface area contributed by atoms with Crippen LogP contribution in [0.3, 0.4) is 0 Å². The van der Waals surface area contributed by atoms with Crippen LogP contribution in [0.15, 0.2) is 28.7 Å². The molecule has 0 fully saturated rings. The van der Waals surface area contributed by atoms with Gasteiger partial charge >= 0.3 is 12.0 Å². The van der Waals surface area contributed by atoms with Gasteiger partial charge in [-0.3, -0.25) is 5.32 Å². The van der Waals surface area contributed by atoms with Crippen molar-refractivity contribution < 1.29 is 18.7 Å². The fourth-order valence-corrected chi connectivity index (χ4v) is 1.65. The summed E-state index contributed by atoms with van der Waals surface area (Å²) in [5, 5.41) is 2.84. The third-order valence-electron chi connectivity index (χ3n) is 2.31. The monoisotopic (exact) mass is 248 g/mol. The van der Waals surface area contributed by atoms with Gasteiger partial charge in [0.2, 0.25) is 5.88 Å². The number of urea groups is 1. The van der Waals surface area contributed by atoms with Gasteiger partial charge in [0.1, 0.15) is 11.1 Å². The normalized spacial score (nSPS) is 10.3. The molecule has 0 aliphatic carbocycles. The number of esters is 1. The Kier molecular flexibility index (Phi) is 3.18. The van der Waals surface area contributed by atoms with E-state index in [1.807, 2.05) is 0 Å². The molecule has 2 rings (SSSR count). The van der Waals surface area contributed by atoms with Gasteiger partial charge in [-0.05, 0) is 13.0 Å². The summed E-state index contributed by atoms with van der Waals surface area (Å²) >= 11 is 0. The Labute approximate surface area is 103 Å². The summed E-state index contributed by atoms with van der Waals surface area (Å²) in [4.78, 5) is 22.7. The Balaban J connectivity index is 2.57. The van der Waals surface area contributed by atoms with E-state index < -0.39 is 12.0 Å². The molecule has 2 amide bonds. The Morgan fingerprint density at radius 3 is 2.78 bits per heavy atom. The highest BCUT2D eigenvalue weighted by Gasteiger charge is 2.22. The zero-order chi connectivity index (χ0) is 13.1. The lowest BCUT2D eigenvalue weighted by atomic mass is 10.1. The van der Waals surface area contributed by atoms with Gasteiger partial charge in [0, 0.05) is 5.39 Å². The molecule has 1 aromatic heterocycles. The SMILES string of the molecule is CCOC(=O)c1c(NC(N)=O)oc2ccccc12. The number of amides is 2. The fraction of sp³-hybridized carbons (Fsp3) is 0.167. The van der Waals surface area contributed by atoms with E-state index in [-0.39, 0.29) is 18.1 Å². The first-order valence-corrected chi connectivity index (χ1v) is 5.38. The van der Waals surface area contributed by atoms with Crippen LogP contribution in [0.1, 0.15) is 17.3 Å². The molecule has 0 spiro atoms. The Hall–Kier alpha value is -2.50. The molecule has 18 heavy (non-hydrogen) atoms. The summed E-state index contributed by atoms with van der Waals surface area (Å²) in [6, 6.07) is 6.10. The van der Waals surface area contributed by atoms with Gasteiger partial charge in [-0.25, -0.2) is 9.59 Å². The molecule has 2 aromatic rings. The third-order valence-corrected chi connectivity index (χ3v) is 2.31. The van der Waals surface area contributed by atoms with E-state index in [9.17, 15) is 9.59 Å². The number of nitrogens with one attached hydrogen (secondary N) is 1. The highest BCUT2D eigenvalue weighted by molar-refractivity contribution is 6.10. The van der Waals surface area contributed by atoms with Crippen LogP contribution in [0.25, 0.3) is 11.0 Å². The average molecular weight is 248 g/mol. The lowest BCUT2D eigenvalue weighted by Crippen LogP contribution is -2.20. The number of primary amides is 1. The molecular formula is C12H12N2O4. The topological polar surface area (TPSA) is 94.6 Å². The van der Waals surface area contributed by atoms with Crippen LogP contribution in [0.4, 0.5) is 10.7 Å². The molecule has 0 aliphatic heterocycles. The number of fused-ring (bicyclic) bond motifs is 1. The molecule has 1 aromatic carbocycles. The van der Waals surface area contributed by atoms with Crippen molar-refractivity contribution >= 4 is 28.9 Å². The van der Waals surface area contributed by atoms with E-state index in [0.717, 1.165) is 0 Å². The summed E-state index contributed by atoms with van der Waals surface area (Å²) in [7, 11) is 0. The largest absolute Gasteiger partial charge is 0.462 e. The molecular weight excluding hydrogens is 236 g/mol. The third kappa shape index (κ3) is 2.13. The number of para-hydroxylation sites is 1. The van der Waals surface area contributed by atoms with Crippen molar-refractivity contribution in [3.63, 3.8) is 0 Å². The minimum absolute atomic E-state index is 0.00199. The Morgan fingerprint density at radius 2 is 2.11 bits per heavy atom. The van der Waals surface area contributed by atoms with Crippen molar-refractivity contribution in [2.45, 2.75) is 6.92 Å². The molecule has 0 radical (unpaired) electrons. The number of benzene rings is 1. The zero-order valence-corrected chi connectivity index (χ0v) is 9.73. The van der Waals surface area contributed by atoms with Crippen LogP contribution in [-0.2, 0) is 4.74 Å². The maximum atomic E-state index is 11.8. The smallest absolute Gasteiger partial charge is 0.344 e. The minimum Gasteiger partial charge on any atom is -0.462 e. The predicted molar refractivity (Wildman–Crippen MR) is 65.4 cm³/mol. The van der Waals surface area contributed by atoms with E-state index in [2.05, 4.69) is 5.32 Å². The van der Waals surface area contributed by atoms with E-state index in [1.54, 1.807) is 31.2 Å². The van der Waals surface area contributed by atoms with E-state index >= 15 is 0 Å². The zero-order valence-electron chi connectivity index (χ0n) is 9.73. The Bertz CT molecular complexity index is 603. The van der Waals surface area contributed by atoms with Gasteiger partial charge in [-0.1, -0.05) is 18.2 Å². The molecule has 0 aliphatic rings. The summed E-state index contributed by atoms with van der Waals surface area (Å²) in [5.74, 6) is -0.562. The quantitative estimate of drug-likeness (QED) is 0.813. The number of ether oxygens (including phenoxy) is 1. The number of hydrogen-bond donors (Lipinski definition) is 2. The van der Waals surface area contributed by atoms with Gasteiger partial charge in [0.15, 0.2) is 0 Å². The second-order valence-electron chi connectivity index (χ2n) is 3.51. The van der Waals surface area contributed by atoms with E-state index in [4.69, 9.17) is 14.9 Å². The lowest BCUT2D eigenvalue weighted by Gasteiger charge is -2.02. The summed E-state index contributed by atoms with van der Waals surface area (Å²) in [5.41, 5.74) is 5.68. The van der Waals surface area contributed by atoms with E-state index in [1.165, 1.54) is 0 Å². The number of furan rings is 1. The van der Waals surface area contributed by atoms with Crippen LogP contribution < -0.4 is 11.1 Å². The molecule has 3 N–H and O–H groups in total. The van der Waals surface area contributed by atoms with Gasteiger partial charge in [-0.2, -0.15) is 0 Å². The second-order valence-corrected chi connectivity index (χ2v) is 3.51. The molecule has 0 saturated heterocycles. The molecule has 94 valence electrons. The van der Waals surface area contributed by atoms with Crippen molar-refractivity contribution in [1.82, 2.24) is 0 Å². The maximum absolute atomic E-state index is 11.8. The molecule has 0 atom stereocenters. The minimum atomic E-state index is -0.806.